The first kappa shape index (κ1) is 14.3. The van der Waals surface area contributed by atoms with Gasteiger partial charge in [0.15, 0.2) is 0 Å². The molecule has 1 heterocycles. The van der Waals surface area contributed by atoms with Gasteiger partial charge in [0.1, 0.15) is 0 Å². The maximum atomic E-state index is 11.6. The Morgan fingerprint density at radius 1 is 1.32 bits per heavy atom. The van der Waals surface area contributed by atoms with Crippen LogP contribution >= 0.6 is 0 Å². The van der Waals surface area contributed by atoms with E-state index in [-0.39, 0.29) is 10.9 Å². The molecule has 0 aliphatic carbocycles. The summed E-state index contributed by atoms with van der Waals surface area (Å²) in [5, 5.41) is 0. The van der Waals surface area contributed by atoms with Gasteiger partial charge >= 0.3 is 0 Å². The fraction of sp³-hybridized carbons (Fsp3) is 0.538. The summed E-state index contributed by atoms with van der Waals surface area (Å²) >= 11 is 0. The van der Waals surface area contributed by atoms with E-state index < -0.39 is 10.0 Å². The van der Waals surface area contributed by atoms with Crippen molar-refractivity contribution in [1.29, 1.82) is 0 Å². The zero-order valence-electron chi connectivity index (χ0n) is 11.3. The first-order valence-electron chi connectivity index (χ1n) is 6.48. The van der Waals surface area contributed by atoms with Gasteiger partial charge in [-0.15, -0.1) is 0 Å². The van der Waals surface area contributed by atoms with E-state index in [1.165, 1.54) is 7.05 Å². The van der Waals surface area contributed by atoms with Crippen LogP contribution in [0.5, 0.6) is 0 Å². The first-order chi connectivity index (χ1) is 8.94. The molecule has 5 nitrogen and oxygen atoms in total. The quantitative estimate of drug-likeness (QED) is 0.859. The van der Waals surface area contributed by atoms with E-state index in [0.29, 0.717) is 5.92 Å². The Kier molecular flexibility index (Phi) is 4.13. The van der Waals surface area contributed by atoms with Crippen LogP contribution in [0.25, 0.3) is 0 Å². The van der Waals surface area contributed by atoms with Crippen molar-refractivity contribution >= 4 is 15.7 Å². The van der Waals surface area contributed by atoms with E-state index in [9.17, 15) is 8.42 Å². The SMILES string of the molecule is CNS(=O)(=O)c1ccc(N2CCC(C)C(N)C2)cc1. The molecule has 2 atom stereocenters. The molecule has 1 fully saturated rings. The highest BCUT2D eigenvalue weighted by atomic mass is 32.2. The molecule has 0 bridgehead atoms. The lowest BCUT2D eigenvalue weighted by molar-refractivity contribution is 0.379. The van der Waals surface area contributed by atoms with E-state index in [0.717, 1.165) is 25.2 Å². The molecule has 2 unspecified atom stereocenters. The number of sulfonamides is 1. The van der Waals surface area contributed by atoms with Gasteiger partial charge in [-0.2, -0.15) is 0 Å². The van der Waals surface area contributed by atoms with E-state index in [1.54, 1.807) is 12.1 Å². The number of benzene rings is 1. The minimum absolute atomic E-state index is 0.175. The summed E-state index contributed by atoms with van der Waals surface area (Å²) in [4.78, 5) is 2.49. The number of anilines is 1. The number of nitrogens with zero attached hydrogens (tertiary/aromatic N) is 1. The monoisotopic (exact) mass is 283 g/mol. The maximum absolute atomic E-state index is 11.6. The van der Waals surface area contributed by atoms with Gasteiger partial charge in [0.05, 0.1) is 4.90 Å². The van der Waals surface area contributed by atoms with Gasteiger partial charge in [-0.3, -0.25) is 0 Å². The summed E-state index contributed by atoms with van der Waals surface area (Å²) in [5.41, 5.74) is 7.10. The molecular formula is C13H21N3O2S. The van der Waals surface area contributed by atoms with Crippen LogP contribution in [-0.4, -0.2) is 34.6 Å². The second-order valence-electron chi connectivity index (χ2n) is 5.08. The van der Waals surface area contributed by atoms with Gasteiger partial charge in [-0.25, -0.2) is 13.1 Å². The summed E-state index contributed by atoms with van der Waals surface area (Å²) < 4.78 is 25.6. The Labute approximate surface area is 114 Å². The zero-order chi connectivity index (χ0) is 14.0. The molecule has 1 aromatic carbocycles. The highest BCUT2D eigenvalue weighted by molar-refractivity contribution is 7.89. The highest BCUT2D eigenvalue weighted by Gasteiger charge is 2.23. The molecule has 1 aliphatic heterocycles. The van der Waals surface area contributed by atoms with Crippen molar-refractivity contribution in [2.24, 2.45) is 11.7 Å². The van der Waals surface area contributed by atoms with Crippen molar-refractivity contribution in [2.75, 3.05) is 25.0 Å². The molecule has 3 N–H and O–H groups in total. The van der Waals surface area contributed by atoms with Crippen molar-refractivity contribution in [3.63, 3.8) is 0 Å². The van der Waals surface area contributed by atoms with Gasteiger partial charge in [0.25, 0.3) is 0 Å². The van der Waals surface area contributed by atoms with Gasteiger partial charge in [-0.05, 0) is 43.7 Å². The molecule has 0 amide bonds. The third-order valence-electron chi connectivity index (χ3n) is 3.80. The van der Waals surface area contributed by atoms with E-state index in [4.69, 9.17) is 5.73 Å². The molecule has 2 rings (SSSR count). The Bertz CT molecular complexity index is 527. The number of piperidine rings is 1. The normalized spacial score (nSPS) is 24.5. The number of nitrogens with one attached hydrogen (secondary N) is 1. The largest absolute Gasteiger partial charge is 0.370 e. The second-order valence-corrected chi connectivity index (χ2v) is 6.96. The predicted octanol–water partition coefficient (Wildman–Crippen LogP) is 0.768. The average molecular weight is 283 g/mol. The summed E-state index contributed by atoms with van der Waals surface area (Å²) in [6.07, 6.45) is 1.07. The van der Waals surface area contributed by atoms with Gasteiger partial charge < -0.3 is 10.6 Å². The van der Waals surface area contributed by atoms with Crippen LogP contribution < -0.4 is 15.4 Å². The predicted molar refractivity (Wildman–Crippen MR) is 76.7 cm³/mol. The smallest absolute Gasteiger partial charge is 0.240 e. The van der Waals surface area contributed by atoms with Crippen molar-refractivity contribution in [1.82, 2.24) is 4.72 Å². The summed E-state index contributed by atoms with van der Waals surface area (Å²) in [6.45, 7) is 3.96. The maximum Gasteiger partial charge on any atom is 0.240 e. The number of nitrogens with two attached hydrogens (primary N) is 1. The fourth-order valence-corrected chi connectivity index (χ4v) is 3.02. The van der Waals surface area contributed by atoms with Gasteiger partial charge in [-0.1, -0.05) is 6.92 Å². The third-order valence-corrected chi connectivity index (χ3v) is 5.23. The summed E-state index contributed by atoms with van der Waals surface area (Å²) in [6, 6.07) is 7.12. The number of hydrogen-bond donors (Lipinski definition) is 2. The molecule has 1 aromatic rings. The van der Waals surface area contributed by atoms with E-state index in [1.807, 2.05) is 12.1 Å². The Morgan fingerprint density at radius 2 is 1.95 bits per heavy atom. The lowest BCUT2D eigenvalue weighted by atomic mass is 9.94. The van der Waals surface area contributed by atoms with Gasteiger partial charge in [0, 0.05) is 24.8 Å². The Morgan fingerprint density at radius 3 is 2.47 bits per heavy atom. The minimum atomic E-state index is -3.36. The van der Waals surface area contributed by atoms with Crippen molar-refractivity contribution < 1.29 is 8.42 Å². The molecule has 0 radical (unpaired) electrons. The standard InChI is InChI=1S/C13H21N3O2S/c1-10-7-8-16(9-13(10)14)11-3-5-12(6-4-11)19(17,18)15-2/h3-6,10,13,15H,7-9,14H2,1-2H3. The molecule has 0 saturated carbocycles. The van der Waals surface area contributed by atoms with Crippen molar-refractivity contribution in [3.8, 4) is 0 Å². The lowest BCUT2D eigenvalue weighted by Crippen LogP contribution is -2.47. The Balaban J connectivity index is 2.15. The van der Waals surface area contributed by atoms with Crippen LogP contribution in [-0.2, 0) is 10.0 Å². The number of rotatable bonds is 3. The highest BCUT2D eigenvalue weighted by Crippen LogP contribution is 2.23. The third kappa shape index (κ3) is 3.08. The minimum Gasteiger partial charge on any atom is -0.370 e. The first-order valence-corrected chi connectivity index (χ1v) is 7.96. The fourth-order valence-electron chi connectivity index (χ4n) is 2.29. The van der Waals surface area contributed by atoms with Crippen LogP contribution in [0.3, 0.4) is 0 Å². The molecular weight excluding hydrogens is 262 g/mol. The molecule has 0 aromatic heterocycles. The molecule has 1 saturated heterocycles. The lowest BCUT2D eigenvalue weighted by Gasteiger charge is -2.36. The number of hydrogen-bond acceptors (Lipinski definition) is 4. The molecule has 1 aliphatic rings. The Hall–Kier alpha value is -1.11. The molecule has 0 spiro atoms. The van der Waals surface area contributed by atoms with Crippen LogP contribution in [0.2, 0.25) is 0 Å². The summed E-state index contributed by atoms with van der Waals surface area (Å²) in [7, 11) is -1.95. The van der Waals surface area contributed by atoms with Crippen LogP contribution in [0, 0.1) is 5.92 Å². The zero-order valence-corrected chi connectivity index (χ0v) is 12.2. The van der Waals surface area contributed by atoms with Crippen LogP contribution in [0.15, 0.2) is 29.2 Å². The second kappa shape index (κ2) is 5.48. The summed E-state index contributed by atoms with van der Waals surface area (Å²) in [5.74, 6) is 0.542. The van der Waals surface area contributed by atoms with Crippen molar-refractivity contribution in [2.45, 2.75) is 24.3 Å². The average Bonchev–Trinajstić information content (AvgIpc) is 2.42. The van der Waals surface area contributed by atoms with E-state index >= 15 is 0 Å². The van der Waals surface area contributed by atoms with Crippen LogP contribution in [0.4, 0.5) is 5.69 Å². The van der Waals surface area contributed by atoms with Crippen LogP contribution in [0.1, 0.15) is 13.3 Å². The molecule has 6 heteroatoms. The topological polar surface area (TPSA) is 75.4 Å². The molecule has 106 valence electrons. The van der Waals surface area contributed by atoms with Crippen molar-refractivity contribution in [3.05, 3.63) is 24.3 Å². The molecule has 19 heavy (non-hydrogen) atoms. The van der Waals surface area contributed by atoms with E-state index in [2.05, 4.69) is 16.5 Å². The van der Waals surface area contributed by atoms with Gasteiger partial charge in [0.2, 0.25) is 10.0 Å².